The Kier molecular flexibility index (Phi) is 10.3. The Morgan fingerprint density at radius 1 is 0.886 bits per heavy atom. The van der Waals surface area contributed by atoms with Crippen molar-refractivity contribution in [3.05, 3.63) is 95.6 Å². The van der Waals surface area contributed by atoms with Gasteiger partial charge in [0.15, 0.2) is 0 Å². The molecule has 2 atom stereocenters. The molecule has 0 bridgehead atoms. The molecule has 3 aromatic rings. The van der Waals surface area contributed by atoms with Gasteiger partial charge in [-0.1, -0.05) is 60.7 Å². The van der Waals surface area contributed by atoms with Crippen LogP contribution in [0.3, 0.4) is 0 Å². The maximum atomic E-state index is 13.8. The van der Waals surface area contributed by atoms with Gasteiger partial charge in [0.05, 0.1) is 23.7 Å². The number of aliphatic carboxylic acids is 2. The second kappa shape index (κ2) is 14.4. The van der Waals surface area contributed by atoms with Crippen molar-refractivity contribution in [1.29, 1.82) is 0 Å². The summed E-state index contributed by atoms with van der Waals surface area (Å²) in [6.07, 6.45) is -1.17. The number of carboxylic acids is 2. The number of nitrogens with zero attached hydrogens (tertiary/aromatic N) is 1. The van der Waals surface area contributed by atoms with Crippen molar-refractivity contribution in [3.8, 4) is 0 Å². The standard InChI is InChI=1S/C31H31N5O8/c37-26(34-24(16-28(40)41)20-9-5-2-6-10-20)18-36-25(13-14-27(38)39)29(42)35-23-12-11-21(15-22(23)30(36)43)33-31(44)32-17-19-7-3-1-4-8-19/h1-12,15,24-25H,13-14,16-18H2,(H,34,37)(H,35,42)(H,38,39)(H,40,41)(H2,32,33,44)/t24-,25-/m0/s1. The number of hydrogen-bond donors (Lipinski definition) is 6. The fourth-order valence-corrected chi connectivity index (χ4v) is 4.75. The van der Waals surface area contributed by atoms with Crippen molar-refractivity contribution in [2.75, 3.05) is 17.2 Å². The summed E-state index contributed by atoms with van der Waals surface area (Å²) in [7, 11) is 0. The highest BCUT2D eigenvalue weighted by molar-refractivity contribution is 6.11. The molecule has 1 heterocycles. The molecule has 0 aromatic heterocycles. The van der Waals surface area contributed by atoms with E-state index in [0.717, 1.165) is 10.5 Å². The minimum Gasteiger partial charge on any atom is -0.481 e. The summed E-state index contributed by atoms with van der Waals surface area (Å²) >= 11 is 0. The van der Waals surface area contributed by atoms with Crippen LogP contribution in [0.25, 0.3) is 0 Å². The van der Waals surface area contributed by atoms with Gasteiger partial charge in [0.25, 0.3) is 5.91 Å². The number of rotatable bonds is 12. The molecule has 44 heavy (non-hydrogen) atoms. The lowest BCUT2D eigenvalue weighted by Gasteiger charge is -2.29. The number of benzene rings is 3. The summed E-state index contributed by atoms with van der Waals surface area (Å²) in [5, 5.41) is 29.2. The van der Waals surface area contributed by atoms with Crippen LogP contribution < -0.4 is 21.3 Å². The minimum atomic E-state index is -1.32. The lowest BCUT2D eigenvalue weighted by Crippen LogP contribution is -2.50. The second-order valence-electron chi connectivity index (χ2n) is 10.1. The van der Waals surface area contributed by atoms with Gasteiger partial charge in [0.1, 0.15) is 12.6 Å². The highest BCUT2D eigenvalue weighted by Crippen LogP contribution is 2.28. The molecule has 0 saturated carbocycles. The highest BCUT2D eigenvalue weighted by Gasteiger charge is 2.37. The number of carboxylic acid groups (broad SMARTS) is 2. The largest absolute Gasteiger partial charge is 0.481 e. The van der Waals surface area contributed by atoms with Gasteiger partial charge in [-0.15, -0.1) is 0 Å². The first-order valence-electron chi connectivity index (χ1n) is 13.7. The van der Waals surface area contributed by atoms with E-state index in [4.69, 9.17) is 0 Å². The monoisotopic (exact) mass is 601 g/mol. The van der Waals surface area contributed by atoms with Crippen LogP contribution in [0.4, 0.5) is 16.2 Å². The summed E-state index contributed by atoms with van der Waals surface area (Å²) in [6, 6.07) is 19.1. The number of urea groups is 1. The molecule has 4 rings (SSSR count). The predicted molar refractivity (Wildman–Crippen MR) is 159 cm³/mol. The van der Waals surface area contributed by atoms with Gasteiger partial charge >= 0.3 is 18.0 Å². The van der Waals surface area contributed by atoms with Crippen molar-refractivity contribution in [3.63, 3.8) is 0 Å². The molecule has 13 heteroatoms. The molecule has 0 spiro atoms. The summed E-state index contributed by atoms with van der Waals surface area (Å²) in [5.41, 5.74) is 1.72. The Balaban J connectivity index is 1.56. The number of carbonyl (C=O) groups is 6. The van der Waals surface area contributed by atoms with E-state index in [1.165, 1.54) is 18.2 Å². The van der Waals surface area contributed by atoms with E-state index in [0.29, 0.717) is 5.56 Å². The summed E-state index contributed by atoms with van der Waals surface area (Å²) in [5.74, 6) is -4.57. The zero-order valence-electron chi connectivity index (χ0n) is 23.5. The Morgan fingerprint density at radius 2 is 1.57 bits per heavy atom. The Bertz CT molecular complexity index is 1550. The molecule has 6 N–H and O–H groups in total. The third-order valence-corrected chi connectivity index (χ3v) is 6.86. The first-order valence-corrected chi connectivity index (χ1v) is 13.7. The van der Waals surface area contributed by atoms with E-state index in [1.807, 2.05) is 30.3 Å². The molecule has 0 fully saturated rings. The van der Waals surface area contributed by atoms with Gasteiger partial charge in [0, 0.05) is 18.7 Å². The number of hydrogen-bond acceptors (Lipinski definition) is 6. The van der Waals surface area contributed by atoms with Crippen LogP contribution in [0.1, 0.15) is 46.8 Å². The van der Waals surface area contributed by atoms with E-state index >= 15 is 0 Å². The van der Waals surface area contributed by atoms with Gasteiger partial charge in [-0.05, 0) is 35.7 Å². The molecule has 1 aliphatic rings. The predicted octanol–water partition coefficient (Wildman–Crippen LogP) is 2.97. The van der Waals surface area contributed by atoms with Gasteiger partial charge in [-0.3, -0.25) is 24.0 Å². The summed E-state index contributed by atoms with van der Waals surface area (Å²) in [6.45, 7) is -0.402. The second-order valence-corrected chi connectivity index (χ2v) is 10.1. The van der Waals surface area contributed by atoms with Crippen molar-refractivity contribution in [1.82, 2.24) is 15.5 Å². The third kappa shape index (κ3) is 8.41. The zero-order chi connectivity index (χ0) is 31.6. The number of anilines is 2. The zero-order valence-corrected chi connectivity index (χ0v) is 23.5. The first kappa shape index (κ1) is 31.2. The molecular formula is C31H31N5O8. The number of nitrogens with one attached hydrogen (secondary N) is 4. The van der Waals surface area contributed by atoms with Crippen LogP contribution in [-0.2, 0) is 25.7 Å². The minimum absolute atomic E-state index is 0.0324. The molecule has 5 amide bonds. The number of fused-ring (bicyclic) bond motifs is 1. The quantitative estimate of drug-likeness (QED) is 0.182. The highest BCUT2D eigenvalue weighted by atomic mass is 16.4. The van der Waals surface area contributed by atoms with Crippen LogP contribution in [0, 0.1) is 0 Å². The third-order valence-electron chi connectivity index (χ3n) is 6.86. The van der Waals surface area contributed by atoms with E-state index in [-0.39, 0.29) is 29.9 Å². The van der Waals surface area contributed by atoms with Gasteiger partial charge in [-0.2, -0.15) is 0 Å². The number of carbonyl (C=O) groups excluding carboxylic acids is 4. The smallest absolute Gasteiger partial charge is 0.319 e. The van der Waals surface area contributed by atoms with Crippen molar-refractivity contribution >= 4 is 47.1 Å². The Labute approximate surface area is 252 Å². The van der Waals surface area contributed by atoms with Crippen LogP contribution in [0.2, 0.25) is 0 Å². The van der Waals surface area contributed by atoms with Gasteiger partial charge < -0.3 is 36.4 Å². The average molecular weight is 602 g/mol. The van der Waals surface area contributed by atoms with E-state index in [1.54, 1.807) is 30.3 Å². The average Bonchev–Trinajstić information content (AvgIpc) is 3.09. The fourth-order valence-electron chi connectivity index (χ4n) is 4.75. The first-order chi connectivity index (χ1) is 21.1. The van der Waals surface area contributed by atoms with Crippen molar-refractivity contribution in [2.24, 2.45) is 0 Å². The Morgan fingerprint density at radius 3 is 2.23 bits per heavy atom. The van der Waals surface area contributed by atoms with Crippen LogP contribution in [-0.4, -0.2) is 63.4 Å². The molecule has 3 aromatic carbocycles. The summed E-state index contributed by atoms with van der Waals surface area (Å²) in [4.78, 5) is 76.6. The van der Waals surface area contributed by atoms with Gasteiger partial charge in [0.2, 0.25) is 11.8 Å². The maximum absolute atomic E-state index is 13.8. The van der Waals surface area contributed by atoms with E-state index in [9.17, 15) is 39.0 Å². The molecule has 0 saturated heterocycles. The topological polar surface area (TPSA) is 194 Å². The lowest BCUT2D eigenvalue weighted by atomic mass is 10.0. The molecular weight excluding hydrogens is 570 g/mol. The lowest BCUT2D eigenvalue weighted by molar-refractivity contribution is -0.138. The number of amides is 5. The van der Waals surface area contributed by atoms with E-state index < -0.39 is 67.2 Å². The SMILES string of the molecule is O=C(O)CC[C@H]1C(=O)Nc2ccc(NC(=O)NCc3ccccc3)cc2C(=O)N1CC(=O)N[C@@H](CC(=O)O)c1ccccc1. The maximum Gasteiger partial charge on any atom is 0.319 e. The van der Waals surface area contributed by atoms with Gasteiger partial charge in [-0.25, -0.2) is 4.79 Å². The molecule has 0 radical (unpaired) electrons. The molecule has 1 aliphatic heterocycles. The van der Waals surface area contributed by atoms with Crippen LogP contribution in [0.5, 0.6) is 0 Å². The Hall–Kier alpha value is -5.72. The van der Waals surface area contributed by atoms with E-state index in [2.05, 4.69) is 21.3 Å². The van der Waals surface area contributed by atoms with Crippen molar-refractivity contribution < 1.29 is 39.0 Å². The summed E-state index contributed by atoms with van der Waals surface area (Å²) < 4.78 is 0. The molecule has 13 nitrogen and oxygen atoms in total. The van der Waals surface area contributed by atoms with Crippen molar-refractivity contribution in [2.45, 2.75) is 37.9 Å². The molecule has 0 aliphatic carbocycles. The normalized spacial score (nSPS) is 14.8. The fraction of sp³-hybridized carbons (Fsp3) is 0.226. The molecule has 228 valence electrons. The van der Waals surface area contributed by atoms with Crippen LogP contribution in [0.15, 0.2) is 78.9 Å². The molecule has 0 unspecified atom stereocenters. The van der Waals surface area contributed by atoms with Crippen LogP contribution >= 0.6 is 0 Å².